The van der Waals surface area contributed by atoms with Crippen LogP contribution in [0.4, 0.5) is 10.5 Å². The number of thiazole rings is 1. The van der Waals surface area contributed by atoms with Gasteiger partial charge >= 0.3 is 6.09 Å². The molecular formula is C37H46N4O5S. The Morgan fingerprint density at radius 2 is 1.72 bits per heavy atom. The number of ether oxygens (including phenoxy) is 2. The van der Waals surface area contributed by atoms with Crippen molar-refractivity contribution in [1.29, 1.82) is 0 Å². The van der Waals surface area contributed by atoms with Crippen LogP contribution in [-0.4, -0.2) is 70.9 Å². The number of pyridine rings is 1. The molecule has 0 unspecified atom stereocenters. The van der Waals surface area contributed by atoms with Crippen molar-refractivity contribution in [2.24, 2.45) is 11.8 Å². The maximum Gasteiger partial charge on any atom is 0.410 e. The van der Waals surface area contributed by atoms with Gasteiger partial charge in [0.1, 0.15) is 11.9 Å². The Bertz CT molecular complexity index is 1570. The lowest BCUT2D eigenvalue weighted by Gasteiger charge is -2.38. The van der Waals surface area contributed by atoms with Crippen molar-refractivity contribution < 1.29 is 24.2 Å². The molecule has 250 valence electrons. The molecule has 3 aromatic rings. The van der Waals surface area contributed by atoms with Crippen molar-refractivity contribution in [1.82, 2.24) is 14.9 Å². The molecule has 7 rings (SSSR count). The summed E-state index contributed by atoms with van der Waals surface area (Å²) >= 11 is 1.78. The molecule has 1 aliphatic heterocycles. The van der Waals surface area contributed by atoms with E-state index in [9.17, 15) is 14.7 Å². The summed E-state index contributed by atoms with van der Waals surface area (Å²) in [5.74, 6) is 2.35. The van der Waals surface area contributed by atoms with Crippen molar-refractivity contribution in [3.63, 3.8) is 0 Å². The van der Waals surface area contributed by atoms with Crippen LogP contribution in [0.1, 0.15) is 92.4 Å². The van der Waals surface area contributed by atoms with Gasteiger partial charge in [0.2, 0.25) is 5.91 Å². The Hall–Kier alpha value is -3.50. The number of aromatic nitrogens is 2. The first-order valence-corrected chi connectivity index (χ1v) is 18.2. The highest BCUT2D eigenvalue weighted by Gasteiger charge is 2.36. The molecule has 47 heavy (non-hydrogen) atoms. The lowest BCUT2D eigenvalue weighted by Crippen LogP contribution is -2.54. The number of aryl methyl sites for hydroxylation is 1. The van der Waals surface area contributed by atoms with Crippen molar-refractivity contribution >= 4 is 29.0 Å². The zero-order valence-corrected chi connectivity index (χ0v) is 28.3. The first kappa shape index (κ1) is 32.1. The number of carbonyl (C=O) groups is 2. The molecule has 0 radical (unpaired) electrons. The number of anilines is 1. The monoisotopic (exact) mass is 658 g/mol. The number of aliphatic hydroxyl groups is 1. The van der Waals surface area contributed by atoms with Crippen molar-refractivity contribution in [2.45, 2.75) is 95.2 Å². The van der Waals surface area contributed by atoms with E-state index >= 15 is 0 Å². The lowest BCUT2D eigenvalue weighted by molar-refractivity contribution is -0.124. The van der Waals surface area contributed by atoms with Gasteiger partial charge in [0, 0.05) is 41.9 Å². The van der Waals surface area contributed by atoms with Gasteiger partial charge in [0.15, 0.2) is 0 Å². The molecule has 4 aliphatic rings. The van der Waals surface area contributed by atoms with Gasteiger partial charge in [-0.2, -0.15) is 0 Å². The average molecular weight is 659 g/mol. The summed E-state index contributed by atoms with van der Waals surface area (Å²) < 4.78 is 11.1. The lowest BCUT2D eigenvalue weighted by atomic mass is 9.79. The summed E-state index contributed by atoms with van der Waals surface area (Å²) in [6.45, 7) is 3.37. The smallest absolute Gasteiger partial charge is 0.410 e. The molecule has 0 atom stereocenters. The van der Waals surface area contributed by atoms with Gasteiger partial charge < -0.3 is 24.4 Å². The zero-order valence-electron chi connectivity index (χ0n) is 27.5. The van der Waals surface area contributed by atoms with Crippen LogP contribution in [0.2, 0.25) is 0 Å². The number of hydrogen-bond acceptors (Lipinski definition) is 8. The number of nitrogens with zero attached hydrogens (tertiary/aromatic N) is 4. The van der Waals surface area contributed by atoms with Gasteiger partial charge in [-0.25, -0.2) is 9.78 Å². The molecule has 4 fully saturated rings. The van der Waals surface area contributed by atoms with E-state index in [2.05, 4.69) is 35.2 Å². The standard InChI is InChI=1S/C37H46N4O5S/c1-23-33(45-2)17-16-32(39-23)25-8-6-24(7-9-25)20-41(29-5-3-4-28(18-29)34-19-38-35(47-34)26-10-11-26)36(43)27-12-14-31(15-13-27)46-37(44)40-21-30(42)22-40/h3-5,16-19,24-27,30-31,42H,6-15,20-22H2,1-2H3. The Morgan fingerprint density at radius 1 is 0.979 bits per heavy atom. The van der Waals surface area contributed by atoms with Crippen molar-refractivity contribution in [3.8, 4) is 16.2 Å². The molecule has 10 heteroatoms. The van der Waals surface area contributed by atoms with E-state index in [0.717, 1.165) is 58.9 Å². The fourth-order valence-electron chi connectivity index (χ4n) is 7.47. The molecule has 1 aromatic carbocycles. The second-order valence-corrected chi connectivity index (χ2v) is 15.1. The Kier molecular flexibility index (Phi) is 9.50. The summed E-state index contributed by atoms with van der Waals surface area (Å²) in [6.07, 6.45) is 10.4. The predicted molar refractivity (Wildman–Crippen MR) is 182 cm³/mol. The summed E-state index contributed by atoms with van der Waals surface area (Å²) in [4.78, 5) is 41.1. The second-order valence-electron chi connectivity index (χ2n) is 14.0. The first-order valence-electron chi connectivity index (χ1n) is 17.4. The average Bonchev–Trinajstić information content (AvgIpc) is 3.81. The quantitative estimate of drug-likeness (QED) is 0.262. The molecule has 1 N–H and O–H groups in total. The van der Waals surface area contributed by atoms with E-state index < -0.39 is 6.10 Å². The molecule has 2 aromatic heterocycles. The molecule has 3 heterocycles. The van der Waals surface area contributed by atoms with E-state index in [1.54, 1.807) is 18.4 Å². The molecule has 9 nitrogen and oxygen atoms in total. The summed E-state index contributed by atoms with van der Waals surface area (Å²) in [6, 6.07) is 12.6. The maximum atomic E-state index is 14.4. The number of β-amino-alcohol motifs (C(OH)–C–C–N with tert-alkyl or cyclic N) is 1. The Balaban J connectivity index is 1.04. The Labute approximate surface area is 281 Å². The minimum absolute atomic E-state index is 0.105. The topological polar surface area (TPSA) is 105 Å². The third-order valence-corrected chi connectivity index (χ3v) is 11.8. The van der Waals surface area contributed by atoms with Crippen LogP contribution in [0.15, 0.2) is 42.6 Å². The van der Waals surface area contributed by atoms with Crippen LogP contribution >= 0.6 is 11.3 Å². The van der Waals surface area contributed by atoms with E-state index in [0.29, 0.717) is 63.1 Å². The van der Waals surface area contributed by atoms with Crippen LogP contribution < -0.4 is 9.64 Å². The van der Waals surface area contributed by atoms with Crippen LogP contribution in [0.3, 0.4) is 0 Å². The summed E-state index contributed by atoms with van der Waals surface area (Å²) in [7, 11) is 1.68. The molecule has 1 saturated heterocycles. The van der Waals surface area contributed by atoms with Gasteiger partial charge in [-0.15, -0.1) is 11.3 Å². The maximum absolute atomic E-state index is 14.4. The molecular weight excluding hydrogens is 612 g/mol. The highest BCUT2D eigenvalue weighted by atomic mass is 32.1. The molecule has 3 saturated carbocycles. The van der Waals surface area contributed by atoms with Crippen LogP contribution in [-0.2, 0) is 9.53 Å². The number of carbonyl (C=O) groups excluding carboxylic acids is 2. The Morgan fingerprint density at radius 3 is 2.40 bits per heavy atom. The van der Waals surface area contributed by atoms with E-state index in [4.69, 9.17) is 19.4 Å². The number of rotatable bonds is 9. The highest BCUT2D eigenvalue weighted by Crippen LogP contribution is 2.44. The van der Waals surface area contributed by atoms with Gasteiger partial charge in [0.25, 0.3) is 0 Å². The number of likely N-dealkylation sites (tertiary alicyclic amines) is 1. The fourth-order valence-corrected chi connectivity index (χ4v) is 8.55. The van der Waals surface area contributed by atoms with Crippen molar-refractivity contribution in [3.05, 3.63) is 59.0 Å². The van der Waals surface area contributed by atoms with Crippen molar-refractivity contribution in [2.75, 3.05) is 31.6 Å². The van der Waals surface area contributed by atoms with Gasteiger partial charge in [-0.1, -0.05) is 12.1 Å². The molecule has 0 bridgehead atoms. The summed E-state index contributed by atoms with van der Waals surface area (Å²) in [5.41, 5.74) is 4.13. The predicted octanol–water partition coefficient (Wildman–Crippen LogP) is 7.08. The normalized spacial score (nSPS) is 24.8. The van der Waals surface area contributed by atoms with E-state index in [1.807, 2.05) is 19.2 Å². The van der Waals surface area contributed by atoms with E-state index in [1.165, 1.54) is 22.7 Å². The third-order valence-electron chi connectivity index (χ3n) is 10.6. The second kappa shape index (κ2) is 13.9. The number of amides is 2. The number of aliphatic hydroxyl groups excluding tert-OH is 1. The van der Waals surface area contributed by atoms with Gasteiger partial charge in [-0.3, -0.25) is 9.78 Å². The zero-order chi connectivity index (χ0) is 32.5. The van der Waals surface area contributed by atoms with Crippen LogP contribution in [0.25, 0.3) is 10.4 Å². The first-order chi connectivity index (χ1) is 22.8. The van der Waals surface area contributed by atoms with Crippen LogP contribution in [0, 0.1) is 18.8 Å². The number of methoxy groups -OCH3 is 1. The number of benzene rings is 1. The number of hydrogen-bond donors (Lipinski definition) is 1. The minimum Gasteiger partial charge on any atom is -0.495 e. The third kappa shape index (κ3) is 7.33. The van der Waals surface area contributed by atoms with E-state index in [-0.39, 0.29) is 24.0 Å². The SMILES string of the molecule is COc1ccc(C2CCC(CN(C(=O)C3CCC(OC(=O)N4CC(O)C4)CC3)c3cccc(-c4cnc(C5CC5)s4)c3)CC2)nc1C. The van der Waals surface area contributed by atoms with Crippen LogP contribution in [0.5, 0.6) is 5.75 Å². The minimum atomic E-state index is -0.449. The molecule has 2 amide bonds. The van der Waals surface area contributed by atoms with Gasteiger partial charge in [-0.05, 0) is 107 Å². The molecule has 3 aliphatic carbocycles. The highest BCUT2D eigenvalue weighted by molar-refractivity contribution is 7.15. The summed E-state index contributed by atoms with van der Waals surface area (Å²) in [5, 5.41) is 10.8. The van der Waals surface area contributed by atoms with Gasteiger partial charge in [0.05, 0.1) is 41.9 Å². The largest absolute Gasteiger partial charge is 0.495 e. The molecule has 0 spiro atoms. The fraction of sp³-hybridized carbons (Fsp3) is 0.568.